The van der Waals surface area contributed by atoms with Gasteiger partial charge in [0.1, 0.15) is 0 Å². The van der Waals surface area contributed by atoms with E-state index in [1.165, 1.54) is 22.5 Å². The van der Waals surface area contributed by atoms with Crippen LogP contribution in [0.5, 0.6) is 0 Å². The molecule has 0 unspecified atom stereocenters. The van der Waals surface area contributed by atoms with Gasteiger partial charge in [-0.2, -0.15) is 0 Å². The van der Waals surface area contributed by atoms with Crippen molar-refractivity contribution in [1.29, 1.82) is 0 Å². The Bertz CT molecular complexity index is 862. The van der Waals surface area contributed by atoms with Crippen molar-refractivity contribution in [2.24, 2.45) is 0 Å². The molecule has 0 saturated carbocycles. The number of aromatic nitrogens is 1. The van der Waals surface area contributed by atoms with Crippen LogP contribution in [0.3, 0.4) is 0 Å². The first-order valence-corrected chi connectivity index (χ1v) is 8.83. The number of hydrogen-bond acceptors (Lipinski definition) is 3. The molecule has 0 amide bonds. The standard InChI is InChI=1S/C21H20ClN3/c1-24-11-12-25(20-7-5-19(22)6-8-20)21-9-4-16(13-18(21)15-24)17-3-2-10-23-14-17/h2-10,13-14H,11-12,15H2,1H3. The van der Waals surface area contributed by atoms with Gasteiger partial charge in [-0.15, -0.1) is 0 Å². The van der Waals surface area contributed by atoms with Gasteiger partial charge in [-0.3, -0.25) is 4.98 Å². The van der Waals surface area contributed by atoms with Crippen LogP contribution in [0.1, 0.15) is 5.56 Å². The number of hydrogen-bond donors (Lipinski definition) is 0. The van der Waals surface area contributed by atoms with Crippen molar-refractivity contribution in [3.63, 3.8) is 0 Å². The molecule has 4 heteroatoms. The third-order valence-electron chi connectivity index (χ3n) is 4.65. The van der Waals surface area contributed by atoms with E-state index in [2.05, 4.69) is 58.2 Å². The highest BCUT2D eigenvalue weighted by molar-refractivity contribution is 6.30. The second-order valence-corrected chi connectivity index (χ2v) is 6.89. The molecule has 3 nitrogen and oxygen atoms in total. The fraction of sp³-hybridized carbons (Fsp3) is 0.190. The minimum Gasteiger partial charge on any atom is -0.340 e. The van der Waals surface area contributed by atoms with E-state index in [9.17, 15) is 0 Å². The lowest BCUT2D eigenvalue weighted by Crippen LogP contribution is -2.26. The van der Waals surface area contributed by atoms with Gasteiger partial charge in [0.2, 0.25) is 0 Å². The molecule has 0 atom stereocenters. The number of anilines is 2. The maximum atomic E-state index is 6.06. The van der Waals surface area contributed by atoms with Crippen LogP contribution in [0, 0.1) is 0 Å². The minimum atomic E-state index is 0.767. The molecule has 0 saturated heterocycles. The molecule has 0 spiro atoms. The molecule has 4 rings (SSSR count). The summed E-state index contributed by atoms with van der Waals surface area (Å²) < 4.78 is 0. The highest BCUT2D eigenvalue weighted by Crippen LogP contribution is 2.34. The summed E-state index contributed by atoms with van der Waals surface area (Å²) in [7, 11) is 2.17. The van der Waals surface area contributed by atoms with Crippen LogP contribution in [-0.4, -0.2) is 30.0 Å². The normalized spacial score (nSPS) is 14.9. The summed E-state index contributed by atoms with van der Waals surface area (Å²) in [5.41, 5.74) is 6.12. The Hall–Kier alpha value is -2.36. The second kappa shape index (κ2) is 6.87. The number of pyridine rings is 1. The summed E-state index contributed by atoms with van der Waals surface area (Å²) in [6, 6.07) is 18.9. The molecule has 0 aliphatic carbocycles. The van der Waals surface area contributed by atoms with Crippen LogP contribution >= 0.6 is 11.6 Å². The van der Waals surface area contributed by atoms with Crippen LogP contribution < -0.4 is 4.90 Å². The van der Waals surface area contributed by atoms with Gasteiger partial charge in [-0.25, -0.2) is 0 Å². The van der Waals surface area contributed by atoms with E-state index in [4.69, 9.17) is 11.6 Å². The molecule has 0 N–H and O–H groups in total. The van der Waals surface area contributed by atoms with Gasteiger partial charge in [0.25, 0.3) is 0 Å². The van der Waals surface area contributed by atoms with E-state index >= 15 is 0 Å². The fourth-order valence-corrected chi connectivity index (χ4v) is 3.46. The molecule has 126 valence electrons. The Kier molecular flexibility index (Phi) is 4.43. The molecule has 2 aromatic carbocycles. The van der Waals surface area contributed by atoms with Gasteiger partial charge in [-0.1, -0.05) is 23.7 Å². The van der Waals surface area contributed by atoms with Crippen molar-refractivity contribution in [2.45, 2.75) is 6.54 Å². The number of fused-ring (bicyclic) bond motifs is 1. The monoisotopic (exact) mass is 349 g/mol. The lowest BCUT2D eigenvalue weighted by Gasteiger charge is -2.25. The maximum absolute atomic E-state index is 6.06. The highest BCUT2D eigenvalue weighted by Gasteiger charge is 2.19. The predicted octanol–water partition coefficient (Wildman–Crippen LogP) is 4.99. The summed E-state index contributed by atoms with van der Waals surface area (Å²) >= 11 is 6.06. The van der Waals surface area contributed by atoms with Crippen molar-refractivity contribution in [2.75, 3.05) is 25.0 Å². The molecule has 0 bridgehead atoms. The first-order chi connectivity index (χ1) is 12.2. The Morgan fingerprint density at radius 1 is 0.960 bits per heavy atom. The molecule has 0 radical (unpaired) electrons. The average Bonchev–Trinajstić information content (AvgIpc) is 2.81. The number of halogens is 1. The van der Waals surface area contributed by atoms with E-state index in [0.29, 0.717) is 0 Å². The van der Waals surface area contributed by atoms with Crippen molar-refractivity contribution in [3.8, 4) is 11.1 Å². The SMILES string of the molecule is CN1CCN(c2ccc(Cl)cc2)c2ccc(-c3cccnc3)cc2C1. The molecule has 25 heavy (non-hydrogen) atoms. The van der Waals surface area contributed by atoms with Gasteiger partial charge < -0.3 is 9.80 Å². The van der Waals surface area contributed by atoms with Gasteiger partial charge in [0, 0.05) is 48.4 Å². The van der Waals surface area contributed by atoms with Crippen molar-refractivity contribution in [3.05, 3.63) is 77.6 Å². The molecule has 2 heterocycles. The van der Waals surface area contributed by atoms with E-state index in [-0.39, 0.29) is 0 Å². The number of benzene rings is 2. The Balaban J connectivity index is 1.78. The van der Waals surface area contributed by atoms with Crippen LogP contribution in [0.4, 0.5) is 11.4 Å². The molecule has 1 aromatic heterocycles. The number of likely N-dealkylation sites (N-methyl/N-ethyl adjacent to an activating group) is 1. The third-order valence-corrected chi connectivity index (χ3v) is 4.90. The molecule has 1 aliphatic heterocycles. The zero-order valence-electron chi connectivity index (χ0n) is 14.2. The van der Waals surface area contributed by atoms with Crippen molar-refractivity contribution < 1.29 is 0 Å². The lowest BCUT2D eigenvalue weighted by molar-refractivity contribution is 0.343. The maximum Gasteiger partial charge on any atom is 0.0457 e. The largest absolute Gasteiger partial charge is 0.340 e. The quantitative estimate of drug-likeness (QED) is 0.650. The Morgan fingerprint density at radius 2 is 1.80 bits per heavy atom. The van der Waals surface area contributed by atoms with Gasteiger partial charge in [0.05, 0.1) is 0 Å². The zero-order chi connectivity index (χ0) is 17.2. The molecule has 0 fully saturated rings. The van der Waals surface area contributed by atoms with Crippen LogP contribution in [-0.2, 0) is 6.54 Å². The van der Waals surface area contributed by atoms with Crippen molar-refractivity contribution in [1.82, 2.24) is 9.88 Å². The van der Waals surface area contributed by atoms with Gasteiger partial charge >= 0.3 is 0 Å². The van der Waals surface area contributed by atoms with E-state index in [0.717, 1.165) is 30.2 Å². The molecular formula is C21H20ClN3. The first-order valence-electron chi connectivity index (χ1n) is 8.46. The van der Waals surface area contributed by atoms with Gasteiger partial charge in [0.15, 0.2) is 0 Å². The predicted molar refractivity (Wildman–Crippen MR) is 104 cm³/mol. The van der Waals surface area contributed by atoms with Gasteiger partial charge in [-0.05, 0) is 66.2 Å². The first kappa shape index (κ1) is 16.1. The third kappa shape index (κ3) is 3.39. The van der Waals surface area contributed by atoms with Crippen molar-refractivity contribution >= 4 is 23.0 Å². The summed E-state index contributed by atoms with van der Waals surface area (Å²) in [4.78, 5) is 8.98. The Labute approximate surface area is 153 Å². The van der Waals surface area contributed by atoms with Crippen LogP contribution in [0.25, 0.3) is 11.1 Å². The second-order valence-electron chi connectivity index (χ2n) is 6.45. The number of nitrogens with zero attached hydrogens (tertiary/aromatic N) is 3. The molecule has 3 aromatic rings. The zero-order valence-corrected chi connectivity index (χ0v) is 14.9. The number of rotatable bonds is 2. The fourth-order valence-electron chi connectivity index (χ4n) is 3.34. The van der Waals surface area contributed by atoms with E-state index in [1.807, 2.05) is 30.6 Å². The average molecular weight is 350 g/mol. The Morgan fingerprint density at radius 3 is 2.56 bits per heavy atom. The molecule has 1 aliphatic rings. The summed E-state index contributed by atoms with van der Waals surface area (Å²) in [5.74, 6) is 0. The topological polar surface area (TPSA) is 19.4 Å². The summed E-state index contributed by atoms with van der Waals surface area (Å²) in [6.07, 6.45) is 3.72. The lowest BCUT2D eigenvalue weighted by atomic mass is 10.0. The highest BCUT2D eigenvalue weighted by atomic mass is 35.5. The minimum absolute atomic E-state index is 0.767. The molecular weight excluding hydrogens is 330 g/mol. The van der Waals surface area contributed by atoms with Crippen LogP contribution in [0.2, 0.25) is 5.02 Å². The van der Waals surface area contributed by atoms with E-state index < -0.39 is 0 Å². The smallest absolute Gasteiger partial charge is 0.0457 e. The summed E-state index contributed by atoms with van der Waals surface area (Å²) in [6.45, 7) is 2.91. The van der Waals surface area contributed by atoms with E-state index in [1.54, 1.807) is 0 Å². The van der Waals surface area contributed by atoms with Crippen LogP contribution in [0.15, 0.2) is 67.0 Å². The summed E-state index contributed by atoms with van der Waals surface area (Å²) in [5, 5.41) is 0.767.